The highest BCUT2D eigenvalue weighted by atomic mass is 79.9. The Bertz CT molecular complexity index is 762. The first-order chi connectivity index (χ1) is 10.2. The minimum Gasteiger partial charge on any atom is -0.343 e. The van der Waals surface area contributed by atoms with Crippen molar-refractivity contribution in [2.24, 2.45) is 0 Å². The van der Waals surface area contributed by atoms with Crippen molar-refractivity contribution in [1.82, 2.24) is 9.78 Å². The Labute approximate surface area is 131 Å². The molecule has 106 valence electrons. The van der Waals surface area contributed by atoms with Crippen LogP contribution in [0.15, 0.2) is 52.3 Å². The van der Waals surface area contributed by atoms with E-state index in [-0.39, 0.29) is 11.8 Å². The number of halogens is 1. The molecule has 2 aromatic rings. The third kappa shape index (κ3) is 2.03. The molecule has 2 aliphatic rings. The summed E-state index contributed by atoms with van der Waals surface area (Å²) in [5, 5.41) is 7.79. The predicted octanol–water partition coefficient (Wildman–Crippen LogP) is 3.67. The van der Waals surface area contributed by atoms with Crippen molar-refractivity contribution in [3.8, 4) is 0 Å². The summed E-state index contributed by atoms with van der Waals surface area (Å²) in [6.07, 6.45) is 4.25. The van der Waals surface area contributed by atoms with E-state index in [0.29, 0.717) is 6.42 Å². The molecule has 0 spiro atoms. The van der Waals surface area contributed by atoms with Gasteiger partial charge in [-0.1, -0.05) is 28.1 Å². The largest absolute Gasteiger partial charge is 0.343 e. The van der Waals surface area contributed by atoms with Crippen LogP contribution in [-0.4, -0.2) is 15.6 Å². The number of nitrogens with one attached hydrogen (secondary N) is 1. The minimum atomic E-state index is -0.128. The lowest BCUT2D eigenvalue weighted by molar-refractivity contribution is -0.116. The molecular weight excluding hydrogens is 330 g/mol. The lowest BCUT2D eigenvalue weighted by Gasteiger charge is -2.33. The maximum absolute atomic E-state index is 12.5. The summed E-state index contributed by atoms with van der Waals surface area (Å²) in [6, 6.07) is 9.93. The van der Waals surface area contributed by atoms with Crippen LogP contribution in [0.1, 0.15) is 30.9 Å². The van der Waals surface area contributed by atoms with Crippen molar-refractivity contribution in [2.75, 3.05) is 5.32 Å². The van der Waals surface area contributed by atoms with Crippen LogP contribution < -0.4 is 5.32 Å². The van der Waals surface area contributed by atoms with E-state index in [1.165, 1.54) is 0 Å². The Hall–Kier alpha value is -1.88. The van der Waals surface area contributed by atoms with Gasteiger partial charge in [-0.25, -0.2) is 4.68 Å². The standard InChI is InChI=1S/C16H14BrN3O/c17-11-4-1-3-10(9-11)16-15-12(5-2-6-13(15)21)19-14-7-8-18-20(14)16/h1,3-4,7-9,16,19H,2,5-6H2. The summed E-state index contributed by atoms with van der Waals surface area (Å²) in [5.41, 5.74) is 3.01. The molecule has 0 fully saturated rings. The van der Waals surface area contributed by atoms with E-state index in [1.54, 1.807) is 6.20 Å². The molecule has 0 saturated carbocycles. The number of fused-ring (bicyclic) bond motifs is 1. The second-order valence-corrected chi connectivity index (χ2v) is 6.33. The molecule has 2 heterocycles. The highest BCUT2D eigenvalue weighted by Crippen LogP contribution is 2.40. The first kappa shape index (κ1) is 12.8. The van der Waals surface area contributed by atoms with Crippen LogP contribution in [0.5, 0.6) is 0 Å². The number of carbonyl (C=O) groups is 1. The molecule has 1 aliphatic carbocycles. The normalized spacial score (nSPS) is 20.8. The molecule has 21 heavy (non-hydrogen) atoms. The zero-order chi connectivity index (χ0) is 14.4. The number of nitrogens with zero attached hydrogens (tertiary/aromatic N) is 2. The van der Waals surface area contributed by atoms with Gasteiger partial charge in [0.25, 0.3) is 0 Å². The molecule has 1 unspecified atom stereocenters. The third-order valence-electron chi connectivity index (χ3n) is 4.09. The first-order valence-corrected chi connectivity index (χ1v) is 7.85. The van der Waals surface area contributed by atoms with Gasteiger partial charge in [-0.3, -0.25) is 4.79 Å². The highest BCUT2D eigenvalue weighted by Gasteiger charge is 2.35. The topological polar surface area (TPSA) is 46.9 Å². The summed E-state index contributed by atoms with van der Waals surface area (Å²) < 4.78 is 2.92. The number of allylic oxidation sites excluding steroid dienone is 2. The predicted molar refractivity (Wildman–Crippen MR) is 84.0 cm³/mol. The van der Waals surface area contributed by atoms with Gasteiger partial charge in [0.1, 0.15) is 11.9 Å². The molecule has 0 amide bonds. The maximum Gasteiger partial charge on any atom is 0.163 e. The number of Topliss-reactive ketones (excluding diaryl/α,β-unsaturated/α-hetero) is 1. The van der Waals surface area contributed by atoms with Gasteiger partial charge >= 0.3 is 0 Å². The summed E-state index contributed by atoms with van der Waals surface area (Å²) in [4.78, 5) is 12.5. The lowest BCUT2D eigenvalue weighted by atomic mass is 9.85. The Balaban J connectivity index is 1.93. The molecule has 5 heteroatoms. The van der Waals surface area contributed by atoms with E-state index in [4.69, 9.17) is 0 Å². The van der Waals surface area contributed by atoms with Crippen LogP contribution in [-0.2, 0) is 4.79 Å². The summed E-state index contributed by atoms with van der Waals surface area (Å²) in [6.45, 7) is 0. The van der Waals surface area contributed by atoms with Crippen LogP contribution >= 0.6 is 15.9 Å². The fourth-order valence-electron chi connectivity index (χ4n) is 3.19. The number of carbonyl (C=O) groups excluding carboxylic acids is 1. The fourth-order valence-corrected chi connectivity index (χ4v) is 3.61. The van der Waals surface area contributed by atoms with Crippen molar-refractivity contribution in [2.45, 2.75) is 25.3 Å². The van der Waals surface area contributed by atoms with E-state index >= 15 is 0 Å². The zero-order valence-electron chi connectivity index (χ0n) is 11.3. The van der Waals surface area contributed by atoms with Crippen LogP contribution in [0, 0.1) is 0 Å². The van der Waals surface area contributed by atoms with E-state index in [1.807, 2.05) is 22.9 Å². The quantitative estimate of drug-likeness (QED) is 0.859. The van der Waals surface area contributed by atoms with Crippen molar-refractivity contribution in [1.29, 1.82) is 0 Å². The zero-order valence-corrected chi connectivity index (χ0v) is 12.9. The van der Waals surface area contributed by atoms with Crippen LogP contribution in [0.4, 0.5) is 5.82 Å². The van der Waals surface area contributed by atoms with Crippen molar-refractivity contribution >= 4 is 27.5 Å². The van der Waals surface area contributed by atoms with Gasteiger partial charge in [0.2, 0.25) is 0 Å². The molecule has 0 radical (unpaired) electrons. The number of anilines is 1. The van der Waals surface area contributed by atoms with Gasteiger partial charge in [-0.15, -0.1) is 0 Å². The number of aromatic nitrogens is 2. The van der Waals surface area contributed by atoms with E-state index in [9.17, 15) is 4.79 Å². The van der Waals surface area contributed by atoms with Gasteiger partial charge in [-0.05, 0) is 30.5 Å². The number of rotatable bonds is 1. The Kier molecular flexibility index (Phi) is 2.96. The highest BCUT2D eigenvalue weighted by molar-refractivity contribution is 9.10. The molecule has 0 saturated heterocycles. The molecular formula is C16H14BrN3O. The van der Waals surface area contributed by atoms with Crippen LogP contribution in [0.2, 0.25) is 0 Å². The van der Waals surface area contributed by atoms with Gasteiger partial charge in [0.15, 0.2) is 5.78 Å². The average Bonchev–Trinajstić information content (AvgIpc) is 2.93. The molecule has 4 nitrogen and oxygen atoms in total. The number of hydrogen-bond acceptors (Lipinski definition) is 3. The lowest BCUT2D eigenvalue weighted by Crippen LogP contribution is -2.31. The maximum atomic E-state index is 12.5. The smallest absolute Gasteiger partial charge is 0.163 e. The molecule has 1 atom stereocenters. The molecule has 1 N–H and O–H groups in total. The van der Waals surface area contributed by atoms with Gasteiger partial charge in [0.05, 0.1) is 6.20 Å². The summed E-state index contributed by atoms with van der Waals surface area (Å²) in [7, 11) is 0. The monoisotopic (exact) mass is 343 g/mol. The van der Waals surface area contributed by atoms with Crippen LogP contribution in [0.25, 0.3) is 0 Å². The van der Waals surface area contributed by atoms with E-state index in [0.717, 1.165) is 40.0 Å². The van der Waals surface area contributed by atoms with E-state index in [2.05, 4.69) is 38.5 Å². The Morgan fingerprint density at radius 1 is 1.29 bits per heavy atom. The summed E-state index contributed by atoms with van der Waals surface area (Å²) >= 11 is 3.52. The van der Waals surface area contributed by atoms with Crippen molar-refractivity contribution in [3.63, 3.8) is 0 Å². The Morgan fingerprint density at radius 2 is 2.19 bits per heavy atom. The summed E-state index contributed by atoms with van der Waals surface area (Å²) in [5.74, 6) is 1.18. The fraction of sp³-hybridized carbons (Fsp3) is 0.250. The number of ketones is 1. The Morgan fingerprint density at radius 3 is 3.05 bits per heavy atom. The molecule has 4 rings (SSSR count). The molecule has 1 aliphatic heterocycles. The SMILES string of the molecule is O=C1CCCC2=C1C(c1cccc(Br)c1)n1nccc1N2. The minimum absolute atomic E-state index is 0.128. The number of hydrogen-bond donors (Lipinski definition) is 1. The second kappa shape index (κ2) is 4.84. The van der Waals surface area contributed by atoms with Gasteiger partial charge in [0, 0.05) is 28.2 Å². The molecule has 0 bridgehead atoms. The van der Waals surface area contributed by atoms with Crippen LogP contribution in [0.3, 0.4) is 0 Å². The number of benzene rings is 1. The third-order valence-corrected chi connectivity index (χ3v) is 4.58. The van der Waals surface area contributed by atoms with Crippen molar-refractivity contribution in [3.05, 3.63) is 57.8 Å². The van der Waals surface area contributed by atoms with Gasteiger partial charge in [-0.2, -0.15) is 5.10 Å². The van der Waals surface area contributed by atoms with Crippen molar-refractivity contribution < 1.29 is 4.79 Å². The molecule has 1 aromatic carbocycles. The second-order valence-electron chi connectivity index (χ2n) is 5.41. The van der Waals surface area contributed by atoms with Gasteiger partial charge < -0.3 is 5.32 Å². The molecule has 1 aromatic heterocycles. The average molecular weight is 344 g/mol. The first-order valence-electron chi connectivity index (χ1n) is 7.06. The van der Waals surface area contributed by atoms with E-state index < -0.39 is 0 Å².